The minimum absolute atomic E-state index is 0.104. The minimum atomic E-state index is 0.104. The van der Waals surface area contributed by atoms with E-state index in [0.717, 1.165) is 37.6 Å². The maximum atomic E-state index is 12.1. The molecule has 1 aromatic heterocycles. The number of nitrogens with one attached hydrogen (secondary N) is 1. The van der Waals surface area contributed by atoms with Gasteiger partial charge < -0.3 is 10.2 Å². The topological polar surface area (TPSA) is 50.2 Å². The number of likely N-dealkylation sites (tertiary alicyclic amines) is 1. The molecule has 1 amide bonds. The van der Waals surface area contributed by atoms with Crippen LogP contribution in [0.3, 0.4) is 0 Å². The van der Waals surface area contributed by atoms with E-state index in [1.165, 1.54) is 17.5 Å². The summed E-state index contributed by atoms with van der Waals surface area (Å²) in [6.45, 7) is 10.7. The van der Waals surface area contributed by atoms with E-state index < -0.39 is 0 Å². The summed E-state index contributed by atoms with van der Waals surface area (Å²) in [4.78, 5) is 14.5. The van der Waals surface area contributed by atoms with Gasteiger partial charge in [0.05, 0.1) is 5.69 Å². The Morgan fingerprint density at radius 3 is 2.77 bits per heavy atom. The van der Waals surface area contributed by atoms with E-state index in [-0.39, 0.29) is 5.91 Å². The largest absolute Gasteiger partial charge is 0.355 e. The molecule has 3 rings (SSSR count). The molecule has 26 heavy (non-hydrogen) atoms. The van der Waals surface area contributed by atoms with Crippen molar-refractivity contribution in [2.24, 2.45) is 0 Å². The van der Waals surface area contributed by atoms with E-state index in [1.807, 2.05) is 24.6 Å². The van der Waals surface area contributed by atoms with Crippen molar-refractivity contribution in [1.82, 2.24) is 20.0 Å². The van der Waals surface area contributed by atoms with Crippen LogP contribution in [0, 0.1) is 20.8 Å². The third-order valence-corrected chi connectivity index (χ3v) is 5.30. The number of rotatable bonds is 7. The molecule has 1 N–H and O–H groups in total. The summed E-state index contributed by atoms with van der Waals surface area (Å²) in [5.74, 6) is 0.727. The number of carbonyl (C=O) groups excluding carboxylic acids is 1. The molecule has 0 saturated carbocycles. The number of benzene rings is 1. The number of aryl methyl sites for hydroxylation is 4. The molecule has 0 unspecified atom stereocenters. The first-order chi connectivity index (χ1) is 12.5. The standard InChI is InChI=1S/C21H30N4O/c1-16-6-4-5-7-20(16)19-8-11-24(15-19)13-10-22-21(26)9-12-25-18(3)14-17(2)23-25/h4-7,14,19H,8-13,15H2,1-3H3,(H,22,26)/t19-/m0/s1. The molecule has 5 heteroatoms. The number of amides is 1. The Morgan fingerprint density at radius 2 is 2.04 bits per heavy atom. The normalized spacial score (nSPS) is 17.6. The van der Waals surface area contributed by atoms with Crippen molar-refractivity contribution in [1.29, 1.82) is 0 Å². The first-order valence-corrected chi connectivity index (χ1v) is 9.58. The molecule has 140 valence electrons. The number of aromatic nitrogens is 2. The molecule has 1 aliphatic rings. The Hall–Kier alpha value is -2.14. The van der Waals surface area contributed by atoms with Crippen molar-refractivity contribution < 1.29 is 4.79 Å². The Kier molecular flexibility index (Phi) is 6.09. The predicted octanol–water partition coefficient (Wildman–Crippen LogP) is 2.80. The zero-order valence-electron chi connectivity index (χ0n) is 16.2. The monoisotopic (exact) mass is 354 g/mol. The lowest BCUT2D eigenvalue weighted by molar-refractivity contribution is -0.121. The van der Waals surface area contributed by atoms with Gasteiger partial charge in [0.2, 0.25) is 5.91 Å². The molecule has 0 radical (unpaired) electrons. The highest BCUT2D eigenvalue weighted by atomic mass is 16.1. The highest BCUT2D eigenvalue weighted by Gasteiger charge is 2.24. The third kappa shape index (κ3) is 4.73. The molecule has 2 aromatic rings. The Labute approximate surface area is 156 Å². The van der Waals surface area contributed by atoms with Crippen LogP contribution in [-0.4, -0.2) is 46.8 Å². The van der Waals surface area contributed by atoms with E-state index in [0.29, 0.717) is 18.9 Å². The summed E-state index contributed by atoms with van der Waals surface area (Å²) < 4.78 is 1.90. The van der Waals surface area contributed by atoms with Gasteiger partial charge in [-0.25, -0.2) is 0 Å². The summed E-state index contributed by atoms with van der Waals surface area (Å²) in [6, 6.07) is 10.7. The van der Waals surface area contributed by atoms with E-state index in [1.54, 1.807) is 0 Å². The van der Waals surface area contributed by atoms with Gasteiger partial charge >= 0.3 is 0 Å². The molecule has 2 heterocycles. The molecule has 1 aliphatic heterocycles. The second kappa shape index (κ2) is 8.49. The van der Waals surface area contributed by atoms with Crippen LogP contribution in [0.2, 0.25) is 0 Å². The van der Waals surface area contributed by atoms with Crippen molar-refractivity contribution >= 4 is 5.91 Å². The van der Waals surface area contributed by atoms with Crippen molar-refractivity contribution in [3.05, 3.63) is 52.8 Å². The quantitative estimate of drug-likeness (QED) is 0.832. The van der Waals surface area contributed by atoms with Crippen LogP contribution in [0.1, 0.15) is 41.3 Å². The lowest BCUT2D eigenvalue weighted by Gasteiger charge is -2.17. The second-order valence-electron chi connectivity index (χ2n) is 7.39. The predicted molar refractivity (Wildman–Crippen MR) is 104 cm³/mol. The van der Waals surface area contributed by atoms with Gasteiger partial charge in [0.15, 0.2) is 0 Å². The van der Waals surface area contributed by atoms with Gasteiger partial charge in [-0.3, -0.25) is 9.48 Å². The lowest BCUT2D eigenvalue weighted by atomic mass is 9.94. The second-order valence-corrected chi connectivity index (χ2v) is 7.39. The zero-order valence-corrected chi connectivity index (χ0v) is 16.2. The number of carbonyl (C=O) groups is 1. The molecule has 5 nitrogen and oxygen atoms in total. The fourth-order valence-corrected chi connectivity index (χ4v) is 3.89. The van der Waals surface area contributed by atoms with Crippen molar-refractivity contribution in [3.8, 4) is 0 Å². The highest BCUT2D eigenvalue weighted by molar-refractivity contribution is 5.75. The van der Waals surface area contributed by atoms with E-state index in [9.17, 15) is 4.79 Å². The van der Waals surface area contributed by atoms with Crippen molar-refractivity contribution in [3.63, 3.8) is 0 Å². The summed E-state index contributed by atoms with van der Waals surface area (Å²) in [5, 5.41) is 7.45. The molecule has 0 bridgehead atoms. The number of hydrogen-bond acceptors (Lipinski definition) is 3. The SMILES string of the molecule is Cc1cc(C)n(CCC(=O)NCCN2CC[C@H](c3ccccc3C)C2)n1. The Morgan fingerprint density at radius 1 is 1.23 bits per heavy atom. The number of nitrogens with zero attached hydrogens (tertiary/aromatic N) is 3. The lowest BCUT2D eigenvalue weighted by Crippen LogP contribution is -2.34. The molecule has 1 fully saturated rings. The van der Waals surface area contributed by atoms with Gasteiger partial charge in [-0.15, -0.1) is 0 Å². The molecule has 1 saturated heterocycles. The molecule has 0 aliphatic carbocycles. The first kappa shape index (κ1) is 18.6. The van der Waals surface area contributed by atoms with Crippen molar-refractivity contribution in [2.75, 3.05) is 26.2 Å². The molecular formula is C21H30N4O. The summed E-state index contributed by atoms with van der Waals surface area (Å²) in [6.07, 6.45) is 1.69. The van der Waals surface area contributed by atoms with E-state index in [4.69, 9.17) is 0 Å². The van der Waals surface area contributed by atoms with Gasteiger partial charge in [-0.1, -0.05) is 24.3 Å². The fourth-order valence-electron chi connectivity index (χ4n) is 3.89. The van der Waals surface area contributed by atoms with Crippen molar-refractivity contribution in [2.45, 2.75) is 46.1 Å². The van der Waals surface area contributed by atoms with Crippen LogP contribution in [0.4, 0.5) is 0 Å². The molecule has 1 atom stereocenters. The highest BCUT2D eigenvalue weighted by Crippen LogP contribution is 2.28. The van der Waals surface area contributed by atoms with Crippen LogP contribution >= 0.6 is 0 Å². The average molecular weight is 354 g/mol. The van der Waals surface area contributed by atoms with E-state index in [2.05, 4.69) is 46.5 Å². The number of hydrogen-bond donors (Lipinski definition) is 1. The van der Waals surface area contributed by atoms with Crippen LogP contribution in [0.25, 0.3) is 0 Å². The van der Waals surface area contributed by atoms with Gasteiger partial charge in [0.1, 0.15) is 0 Å². The summed E-state index contributed by atoms with van der Waals surface area (Å²) in [7, 11) is 0. The summed E-state index contributed by atoms with van der Waals surface area (Å²) >= 11 is 0. The van der Waals surface area contributed by atoms with Gasteiger partial charge in [-0.05, 0) is 56.8 Å². The fraction of sp³-hybridized carbons (Fsp3) is 0.524. The van der Waals surface area contributed by atoms with Gasteiger partial charge in [-0.2, -0.15) is 5.10 Å². The zero-order chi connectivity index (χ0) is 18.5. The van der Waals surface area contributed by atoms with Crippen LogP contribution < -0.4 is 5.32 Å². The Balaban J connectivity index is 1.37. The van der Waals surface area contributed by atoms with Gasteiger partial charge in [0.25, 0.3) is 0 Å². The molecule has 1 aromatic carbocycles. The maximum Gasteiger partial charge on any atom is 0.221 e. The Bertz CT molecular complexity index is 752. The molecule has 0 spiro atoms. The smallest absolute Gasteiger partial charge is 0.221 e. The third-order valence-electron chi connectivity index (χ3n) is 5.30. The first-order valence-electron chi connectivity index (χ1n) is 9.58. The minimum Gasteiger partial charge on any atom is -0.355 e. The molecular weight excluding hydrogens is 324 g/mol. The van der Waals surface area contributed by atoms with E-state index >= 15 is 0 Å². The summed E-state index contributed by atoms with van der Waals surface area (Å²) in [5.41, 5.74) is 4.97. The van der Waals surface area contributed by atoms with Crippen LogP contribution in [0.5, 0.6) is 0 Å². The van der Waals surface area contributed by atoms with Gasteiger partial charge in [0, 0.05) is 38.3 Å². The maximum absolute atomic E-state index is 12.1. The average Bonchev–Trinajstić information content (AvgIpc) is 3.19. The van der Waals surface area contributed by atoms with Crippen LogP contribution in [-0.2, 0) is 11.3 Å². The van der Waals surface area contributed by atoms with Crippen LogP contribution in [0.15, 0.2) is 30.3 Å².